The molecule has 1 N–H and O–H groups in total. The molecule has 1 saturated carbocycles. The molecule has 96 valence electrons. The summed E-state index contributed by atoms with van der Waals surface area (Å²) in [6.45, 7) is 8.95. The van der Waals surface area contributed by atoms with Crippen molar-refractivity contribution < 1.29 is 4.74 Å². The van der Waals surface area contributed by atoms with Gasteiger partial charge in [-0.15, -0.1) is 0 Å². The van der Waals surface area contributed by atoms with E-state index >= 15 is 0 Å². The van der Waals surface area contributed by atoms with Crippen LogP contribution in [0.25, 0.3) is 0 Å². The first-order valence-corrected chi connectivity index (χ1v) is 7.08. The Morgan fingerprint density at radius 2 is 2.19 bits per heavy atom. The van der Waals surface area contributed by atoms with Crippen LogP contribution in [0, 0.1) is 5.92 Å². The molecule has 0 amide bonds. The minimum atomic E-state index is 0.439. The van der Waals surface area contributed by atoms with Crippen LogP contribution in [0.4, 0.5) is 0 Å². The summed E-state index contributed by atoms with van der Waals surface area (Å²) in [6.07, 6.45) is 8.71. The molecule has 3 unspecified atom stereocenters. The van der Waals surface area contributed by atoms with Gasteiger partial charge in [0, 0.05) is 0 Å². The van der Waals surface area contributed by atoms with E-state index in [9.17, 15) is 0 Å². The Morgan fingerprint density at radius 3 is 2.88 bits per heavy atom. The molecule has 0 radical (unpaired) electrons. The van der Waals surface area contributed by atoms with Gasteiger partial charge in [0.2, 0.25) is 0 Å². The highest BCUT2D eigenvalue weighted by atomic mass is 16.5. The molecule has 1 aliphatic rings. The summed E-state index contributed by atoms with van der Waals surface area (Å²) in [7, 11) is 0. The summed E-state index contributed by atoms with van der Waals surface area (Å²) < 4.78 is 6.11. The molecule has 0 saturated heterocycles. The van der Waals surface area contributed by atoms with Crippen molar-refractivity contribution in [2.24, 2.45) is 5.92 Å². The van der Waals surface area contributed by atoms with Gasteiger partial charge in [0.05, 0.1) is 12.2 Å². The lowest BCUT2D eigenvalue weighted by Gasteiger charge is -2.29. The minimum absolute atomic E-state index is 0.439. The third kappa shape index (κ3) is 5.86. The topological polar surface area (TPSA) is 21.3 Å². The van der Waals surface area contributed by atoms with Crippen LogP contribution in [0.3, 0.4) is 0 Å². The lowest BCUT2D eigenvalue weighted by molar-refractivity contribution is -0.0339. The van der Waals surface area contributed by atoms with E-state index in [0.29, 0.717) is 12.2 Å². The molecule has 2 nitrogen and oxygen atoms in total. The number of nitrogens with one attached hydrogen (secondary N) is 1. The minimum Gasteiger partial charge on any atom is -0.375 e. The van der Waals surface area contributed by atoms with Crippen LogP contribution < -0.4 is 5.32 Å². The summed E-state index contributed by atoms with van der Waals surface area (Å²) in [5.74, 6) is 0.868. The van der Waals surface area contributed by atoms with Gasteiger partial charge in [-0.2, -0.15) is 0 Å². The third-order valence-electron chi connectivity index (χ3n) is 3.53. The van der Waals surface area contributed by atoms with E-state index in [1.165, 1.54) is 38.5 Å². The molecular formula is C14H29NO. The van der Waals surface area contributed by atoms with Crippen molar-refractivity contribution in [1.82, 2.24) is 5.32 Å². The number of ether oxygens (including phenoxy) is 1. The summed E-state index contributed by atoms with van der Waals surface area (Å²) in [5, 5.41) is 3.36. The summed E-state index contributed by atoms with van der Waals surface area (Å²) in [4.78, 5) is 0. The Labute approximate surface area is 101 Å². The number of hydrogen-bond acceptors (Lipinski definition) is 2. The highest BCUT2D eigenvalue weighted by molar-refractivity contribution is 4.71. The van der Waals surface area contributed by atoms with Crippen LogP contribution in [0.15, 0.2) is 0 Å². The first-order valence-electron chi connectivity index (χ1n) is 7.08. The van der Waals surface area contributed by atoms with E-state index in [-0.39, 0.29) is 0 Å². The van der Waals surface area contributed by atoms with Crippen LogP contribution in [0.1, 0.15) is 59.3 Å². The Morgan fingerprint density at radius 1 is 1.38 bits per heavy atom. The quantitative estimate of drug-likeness (QED) is 0.673. The zero-order chi connectivity index (χ0) is 11.8. The average Bonchev–Trinajstić information content (AvgIpc) is 2.24. The molecule has 0 aliphatic heterocycles. The van der Waals surface area contributed by atoms with E-state index in [1.54, 1.807) is 0 Å². The van der Waals surface area contributed by atoms with E-state index in [0.717, 1.165) is 19.0 Å². The van der Waals surface area contributed by atoms with Gasteiger partial charge in [-0.3, -0.25) is 0 Å². The fourth-order valence-corrected chi connectivity index (χ4v) is 2.59. The number of hydrogen-bond donors (Lipinski definition) is 1. The van der Waals surface area contributed by atoms with Crippen molar-refractivity contribution >= 4 is 0 Å². The maximum atomic E-state index is 6.11. The molecule has 0 aromatic heterocycles. The Kier molecular flexibility index (Phi) is 7.06. The molecule has 2 heteroatoms. The molecule has 0 aromatic rings. The molecule has 3 atom stereocenters. The molecular weight excluding hydrogens is 198 g/mol. The second-order valence-corrected chi connectivity index (χ2v) is 5.34. The highest BCUT2D eigenvalue weighted by Crippen LogP contribution is 2.26. The van der Waals surface area contributed by atoms with E-state index in [1.807, 2.05) is 0 Å². The van der Waals surface area contributed by atoms with Gasteiger partial charge in [0.1, 0.15) is 0 Å². The van der Waals surface area contributed by atoms with Crippen molar-refractivity contribution in [2.75, 3.05) is 13.1 Å². The Balaban J connectivity index is 2.06. The van der Waals surface area contributed by atoms with Crippen LogP contribution in [0.2, 0.25) is 0 Å². The summed E-state index contributed by atoms with van der Waals surface area (Å²) in [5.41, 5.74) is 0. The van der Waals surface area contributed by atoms with E-state index in [4.69, 9.17) is 4.74 Å². The summed E-state index contributed by atoms with van der Waals surface area (Å²) in [6, 6.07) is 0. The fraction of sp³-hybridized carbons (Fsp3) is 1.00. The predicted octanol–water partition coefficient (Wildman–Crippen LogP) is 3.36. The zero-order valence-electron chi connectivity index (χ0n) is 11.3. The maximum absolute atomic E-state index is 6.11. The third-order valence-corrected chi connectivity index (χ3v) is 3.53. The molecule has 0 aromatic carbocycles. The monoisotopic (exact) mass is 227 g/mol. The lowest BCUT2D eigenvalue weighted by Crippen LogP contribution is -2.26. The van der Waals surface area contributed by atoms with Crippen LogP contribution in [-0.4, -0.2) is 25.3 Å². The van der Waals surface area contributed by atoms with Crippen molar-refractivity contribution in [2.45, 2.75) is 71.5 Å². The molecule has 16 heavy (non-hydrogen) atoms. The first-order chi connectivity index (χ1) is 7.72. The molecule has 0 spiro atoms. The lowest BCUT2D eigenvalue weighted by atomic mass is 9.88. The van der Waals surface area contributed by atoms with Gasteiger partial charge in [-0.25, -0.2) is 0 Å². The molecule has 1 rings (SSSR count). The SMILES string of the molecule is CCNCCCC(C)OC1CCCC(C)C1. The summed E-state index contributed by atoms with van der Waals surface area (Å²) >= 11 is 0. The van der Waals surface area contributed by atoms with Crippen LogP contribution >= 0.6 is 0 Å². The van der Waals surface area contributed by atoms with Gasteiger partial charge in [0.15, 0.2) is 0 Å². The first kappa shape index (κ1) is 14.0. The second kappa shape index (κ2) is 8.08. The van der Waals surface area contributed by atoms with Gasteiger partial charge in [-0.1, -0.05) is 26.7 Å². The van der Waals surface area contributed by atoms with Crippen molar-refractivity contribution in [1.29, 1.82) is 0 Å². The molecule has 0 bridgehead atoms. The largest absolute Gasteiger partial charge is 0.375 e. The smallest absolute Gasteiger partial charge is 0.0581 e. The molecule has 1 fully saturated rings. The van der Waals surface area contributed by atoms with Crippen LogP contribution in [-0.2, 0) is 4.74 Å². The van der Waals surface area contributed by atoms with Crippen LogP contribution in [0.5, 0.6) is 0 Å². The standard InChI is InChI=1S/C14H29NO/c1-4-15-10-6-8-13(3)16-14-9-5-7-12(2)11-14/h12-15H,4-11H2,1-3H3. The average molecular weight is 227 g/mol. The molecule has 0 heterocycles. The van der Waals surface area contributed by atoms with Crippen molar-refractivity contribution in [3.8, 4) is 0 Å². The van der Waals surface area contributed by atoms with Gasteiger partial charge >= 0.3 is 0 Å². The van der Waals surface area contributed by atoms with Crippen molar-refractivity contribution in [3.05, 3.63) is 0 Å². The van der Waals surface area contributed by atoms with Gasteiger partial charge < -0.3 is 10.1 Å². The van der Waals surface area contributed by atoms with E-state index in [2.05, 4.69) is 26.1 Å². The highest BCUT2D eigenvalue weighted by Gasteiger charge is 2.20. The fourth-order valence-electron chi connectivity index (χ4n) is 2.59. The maximum Gasteiger partial charge on any atom is 0.0581 e. The molecule has 1 aliphatic carbocycles. The van der Waals surface area contributed by atoms with E-state index < -0.39 is 0 Å². The zero-order valence-corrected chi connectivity index (χ0v) is 11.3. The number of rotatable bonds is 7. The normalized spacial score (nSPS) is 27.9. The van der Waals surface area contributed by atoms with Gasteiger partial charge in [0.25, 0.3) is 0 Å². The van der Waals surface area contributed by atoms with Gasteiger partial charge in [-0.05, 0) is 51.6 Å². The Bertz CT molecular complexity index is 172. The second-order valence-electron chi connectivity index (χ2n) is 5.34. The van der Waals surface area contributed by atoms with Crippen molar-refractivity contribution in [3.63, 3.8) is 0 Å². The predicted molar refractivity (Wildman–Crippen MR) is 69.7 cm³/mol. The Hall–Kier alpha value is -0.0800.